The van der Waals surface area contributed by atoms with Crippen LogP contribution in [0.2, 0.25) is 0 Å². The van der Waals surface area contributed by atoms with E-state index < -0.39 is 0 Å². The van der Waals surface area contributed by atoms with Crippen LogP contribution in [-0.4, -0.2) is 10.2 Å². The molecule has 1 aliphatic rings. The minimum atomic E-state index is -0.00827. The van der Waals surface area contributed by atoms with Gasteiger partial charge in [-0.25, -0.2) is 0 Å². The van der Waals surface area contributed by atoms with Crippen LogP contribution in [0.15, 0.2) is 23.8 Å². The highest BCUT2D eigenvalue weighted by Crippen LogP contribution is 2.50. The maximum Gasteiger partial charge on any atom is 0.126 e. The van der Waals surface area contributed by atoms with Crippen molar-refractivity contribution in [1.29, 1.82) is 0 Å². The van der Waals surface area contributed by atoms with Gasteiger partial charge >= 0.3 is 0 Å². The van der Waals surface area contributed by atoms with Gasteiger partial charge in [-0.1, -0.05) is 57.4 Å². The van der Waals surface area contributed by atoms with Crippen molar-refractivity contribution in [3.63, 3.8) is 0 Å². The minimum Gasteiger partial charge on any atom is -0.507 e. The second kappa shape index (κ2) is 8.54. The van der Waals surface area contributed by atoms with Crippen molar-refractivity contribution < 1.29 is 10.2 Å². The fourth-order valence-electron chi connectivity index (χ4n) is 4.95. The van der Waals surface area contributed by atoms with Gasteiger partial charge in [0.1, 0.15) is 11.5 Å². The Morgan fingerprint density at radius 1 is 1.15 bits per heavy atom. The molecule has 1 aromatic rings. The fraction of sp³-hybridized carbons (Fsp3) is 0.600. The van der Waals surface area contributed by atoms with Gasteiger partial charge < -0.3 is 10.2 Å². The lowest BCUT2D eigenvalue weighted by atomic mass is 9.72. The first-order valence-corrected chi connectivity index (χ1v) is 10.5. The number of hydrogen-bond acceptors (Lipinski definition) is 2. The van der Waals surface area contributed by atoms with Crippen LogP contribution in [0, 0.1) is 25.7 Å². The number of aromatic hydroxyl groups is 2. The van der Waals surface area contributed by atoms with Gasteiger partial charge in [0, 0.05) is 11.5 Å². The Morgan fingerprint density at radius 3 is 2.19 bits per heavy atom. The van der Waals surface area contributed by atoms with Crippen LogP contribution in [0.5, 0.6) is 11.5 Å². The lowest BCUT2D eigenvalue weighted by Crippen LogP contribution is -2.18. The van der Waals surface area contributed by atoms with Crippen molar-refractivity contribution in [2.45, 2.75) is 86.0 Å². The molecular weight excluding hydrogens is 332 g/mol. The first-order chi connectivity index (χ1) is 12.6. The fourth-order valence-corrected chi connectivity index (χ4v) is 4.95. The number of rotatable bonds is 6. The predicted molar refractivity (Wildman–Crippen MR) is 116 cm³/mol. The van der Waals surface area contributed by atoms with Crippen molar-refractivity contribution in [3.05, 3.63) is 46.1 Å². The summed E-state index contributed by atoms with van der Waals surface area (Å²) in [6.07, 6.45) is 6.58. The zero-order valence-electron chi connectivity index (χ0n) is 18.3. The molecule has 0 spiro atoms. The SMILES string of the molecule is C=C(C)C1CCC(C)=CC1c1c(O)c(C)c(C(C)C(C)CCC)c(C)c1O. The summed E-state index contributed by atoms with van der Waals surface area (Å²) in [5, 5.41) is 22.3. The second-order valence-corrected chi connectivity index (χ2v) is 8.86. The van der Waals surface area contributed by atoms with Crippen LogP contribution in [0.4, 0.5) is 0 Å². The van der Waals surface area contributed by atoms with Crippen LogP contribution in [-0.2, 0) is 0 Å². The molecule has 1 aliphatic carbocycles. The van der Waals surface area contributed by atoms with Crippen molar-refractivity contribution in [1.82, 2.24) is 0 Å². The number of phenols is 2. The predicted octanol–water partition coefficient (Wildman–Crippen LogP) is 7.27. The van der Waals surface area contributed by atoms with E-state index in [2.05, 4.69) is 47.3 Å². The third-order valence-corrected chi connectivity index (χ3v) is 6.80. The van der Waals surface area contributed by atoms with Gasteiger partial charge in [0.05, 0.1) is 0 Å². The minimum absolute atomic E-state index is 0.00827. The average Bonchev–Trinajstić information content (AvgIpc) is 2.60. The van der Waals surface area contributed by atoms with Crippen LogP contribution < -0.4 is 0 Å². The Hall–Kier alpha value is -1.70. The molecule has 0 amide bonds. The van der Waals surface area contributed by atoms with E-state index in [0.29, 0.717) is 17.4 Å². The maximum atomic E-state index is 11.2. The molecule has 2 nitrogen and oxygen atoms in total. The third-order valence-electron chi connectivity index (χ3n) is 6.80. The van der Waals surface area contributed by atoms with Gasteiger partial charge in [0.15, 0.2) is 0 Å². The molecule has 0 aliphatic heterocycles. The van der Waals surface area contributed by atoms with E-state index in [-0.39, 0.29) is 23.3 Å². The first-order valence-electron chi connectivity index (χ1n) is 10.5. The second-order valence-electron chi connectivity index (χ2n) is 8.86. The summed E-state index contributed by atoms with van der Waals surface area (Å²) < 4.78 is 0. The van der Waals surface area contributed by atoms with E-state index in [9.17, 15) is 10.2 Å². The molecule has 2 N–H and O–H groups in total. The summed E-state index contributed by atoms with van der Waals surface area (Å²) in [6, 6.07) is 0. The highest BCUT2D eigenvalue weighted by Gasteiger charge is 2.33. The molecule has 0 fully saturated rings. The van der Waals surface area contributed by atoms with E-state index in [1.165, 1.54) is 5.57 Å². The standard InChI is InChI=1S/C25H38O2/c1-9-10-16(5)17(6)22-18(7)24(26)23(25(27)19(22)8)21-13-15(4)11-12-20(21)14(2)3/h13,16-17,20-21,26-27H,2,9-12H2,1,3-8H3. The average molecular weight is 371 g/mol. The molecule has 2 rings (SSSR count). The highest BCUT2D eigenvalue weighted by atomic mass is 16.3. The summed E-state index contributed by atoms with van der Waals surface area (Å²) in [4.78, 5) is 0. The summed E-state index contributed by atoms with van der Waals surface area (Å²) in [7, 11) is 0. The molecule has 4 atom stereocenters. The van der Waals surface area contributed by atoms with Crippen LogP contribution >= 0.6 is 0 Å². The lowest BCUT2D eigenvalue weighted by Gasteiger charge is -2.33. The van der Waals surface area contributed by atoms with Gasteiger partial charge in [0.25, 0.3) is 0 Å². The molecule has 27 heavy (non-hydrogen) atoms. The van der Waals surface area contributed by atoms with Crippen molar-refractivity contribution in [2.24, 2.45) is 11.8 Å². The molecule has 2 heteroatoms. The quantitative estimate of drug-likeness (QED) is 0.517. The number of phenolic OH excluding ortho intramolecular Hbond substituents is 2. The molecule has 0 heterocycles. The van der Waals surface area contributed by atoms with E-state index >= 15 is 0 Å². The molecular formula is C25H38O2. The van der Waals surface area contributed by atoms with Gasteiger partial charge in [-0.2, -0.15) is 0 Å². The maximum absolute atomic E-state index is 11.2. The van der Waals surface area contributed by atoms with E-state index in [0.717, 1.165) is 47.9 Å². The zero-order valence-corrected chi connectivity index (χ0v) is 18.3. The summed E-state index contributed by atoms with van der Waals surface area (Å²) in [6.45, 7) is 19.1. The molecule has 0 saturated carbocycles. The molecule has 150 valence electrons. The first kappa shape index (κ1) is 21.6. The molecule has 1 aromatic carbocycles. The van der Waals surface area contributed by atoms with E-state index in [1.54, 1.807) is 0 Å². The summed E-state index contributed by atoms with van der Waals surface area (Å²) >= 11 is 0. The topological polar surface area (TPSA) is 40.5 Å². The van der Waals surface area contributed by atoms with E-state index in [1.807, 2.05) is 13.8 Å². The van der Waals surface area contributed by atoms with Crippen LogP contribution in [0.25, 0.3) is 0 Å². The molecule has 0 bridgehead atoms. The van der Waals surface area contributed by atoms with Crippen molar-refractivity contribution in [3.8, 4) is 11.5 Å². The van der Waals surface area contributed by atoms with Crippen molar-refractivity contribution >= 4 is 0 Å². The van der Waals surface area contributed by atoms with Gasteiger partial charge in [-0.15, -0.1) is 0 Å². The molecule has 0 saturated heterocycles. The summed E-state index contributed by atoms with van der Waals surface area (Å²) in [5.41, 5.74) is 6.09. The Balaban J connectivity index is 2.64. The molecule has 0 radical (unpaired) electrons. The Labute approximate surface area is 166 Å². The number of benzene rings is 1. The Morgan fingerprint density at radius 2 is 1.70 bits per heavy atom. The lowest BCUT2D eigenvalue weighted by molar-refractivity contribution is 0.394. The van der Waals surface area contributed by atoms with Gasteiger partial charge in [-0.3, -0.25) is 0 Å². The third kappa shape index (κ3) is 4.10. The number of allylic oxidation sites excluding steroid dienone is 3. The Kier molecular flexibility index (Phi) is 6.83. The van der Waals surface area contributed by atoms with Crippen molar-refractivity contribution in [2.75, 3.05) is 0 Å². The van der Waals surface area contributed by atoms with Crippen LogP contribution in [0.1, 0.15) is 94.4 Å². The molecule has 0 aromatic heterocycles. The molecule has 4 unspecified atom stereocenters. The smallest absolute Gasteiger partial charge is 0.126 e. The largest absolute Gasteiger partial charge is 0.507 e. The zero-order chi connectivity index (χ0) is 20.5. The van der Waals surface area contributed by atoms with Gasteiger partial charge in [-0.05, 0) is 75.0 Å². The Bertz CT molecular complexity index is 712. The normalized spacial score (nSPS) is 22.3. The van der Waals surface area contributed by atoms with Crippen LogP contribution in [0.3, 0.4) is 0 Å². The van der Waals surface area contributed by atoms with E-state index in [4.69, 9.17) is 0 Å². The van der Waals surface area contributed by atoms with Gasteiger partial charge in [0.2, 0.25) is 0 Å². The summed E-state index contributed by atoms with van der Waals surface area (Å²) in [5.74, 6) is 1.60. The highest BCUT2D eigenvalue weighted by molar-refractivity contribution is 5.61. The monoisotopic (exact) mass is 370 g/mol. The number of hydrogen-bond donors (Lipinski definition) is 2.